The molecule has 96 valence electrons. The second-order valence-electron chi connectivity index (χ2n) is 4.90. The van der Waals surface area contributed by atoms with E-state index in [1.807, 2.05) is 31.2 Å². The van der Waals surface area contributed by atoms with Crippen molar-refractivity contribution in [1.82, 2.24) is 0 Å². The number of aryl methyl sites for hydroxylation is 1. The normalized spacial score (nSPS) is 21.1. The molecule has 3 rings (SSSR count). The molecule has 0 aliphatic carbocycles. The predicted molar refractivity (Wildman–Crippen MR) is 72.7 cm³/mol. The maximum absolute atomic E-state index is 15.2. The largest absolute Gasteiger partial charge is 0.323 e. The summed E-state index contributed by atoms with van der Waals surface area (Å²) in [4.78, 5) is 12.0. The Morgan fingerprint density at radius 3 is 2.58 bits per heavy atom. The van der Waals surface area contributed by atoms with Crippen LogP contribution in [0.25, 0.3) is 0 Å². The van der Waals surface area contributed by atoms with Gasteiger partial charge in [-0.05, 0) is 24.1 Å². The van der Waals surface area contributed by atoms with Crippen molar-refractivity contribution in [3.8, 4) is 0 Å². The third kappa shape index (κ3) is 1.82. The van der Waals surface area contributed by atoms with Crippen LogP contribution in [0.4, 0.5) is 10.1 Å². The van der Waals surface area contributed by atoms with Crippen molar-refractivity contribution in [1.29, 1.82) is 0 Å². The molecule has 2 nitrogen and oxygen atoms in total. The highest BCUT2D eigenvalue weighted by atomic mass is 19.1. The van der Waals surface area contributed by atoms with Gasteiger partial charge in [0.15, 0.2) is 0 Å². The number of nitrogens with one attached hydrogen (secondary N) is 1. The van der Waals surface area contributed by atoms with Gasteiger partial charge in [-0.1, -0.05) is 42.5 Å². The van der Waals surface area contributed by atoms with Gasteiger partial charge in [0, 0.05) is 17.7 Å². The lowest BCUT2D eigenvalue weighted by Crippen LogP contribution is -2.32. The standard InChI is InChI=1S/C16H14FNO/c1-11-6-2-3-7-12(11)10-16(17)13-8-4-5-9-14(13)18-15(16)19/h2-9H,10H2,1H3,(H,18,19). The molecule has 2 aromatic rings. The number of halogens is 1. The van der Waals surface area contributed by atoms with Crippen LogP contribution in [-0.4, -0.2) is 5.91 Å². The Balaban J connectivity index is 2.04. The lowest BCUT2D eigenvalue weighted by atomic mass is 9.88. The first kappa shape index (κ1) is 11.9. The van der Waals surface area contributed by atoms with Crippen molar-refractivity contribution in [3.63, 3.8) is 0 Å². The van der Waals surface area contributed by atoms with Crippen molar-refractivity contribution in [3.05, 3.63) is 65.2 Å². The molecule has 1 aliphatic heterocycles. The molecular weight excluding hydrogens is 241 g/mol. The molecule has 0 fully saturated rings. The molecule has 1 unspecified atom stereocenters. The number of carbonyl (C=O) groups excluding carboxylic acids is 1. The molecule has 0 aromatic heterocycles. The summed E-state index contributed by atoms with van der Waals surface area (Å²) in [5, 5.41) is 2.61. The van der Waals surface area contributed by atoms with Crippen molar-refractivity contribution in [2.24, 2.45) is 0 Å². The van der Waals surface area contributed by atoms with E-state index in [1.54, 1.807) is 24.3 Å². The summed E-state index contributed by atoms with van der Waals surface area (Å²) in [5.74, 6) is -0.572. The molecule has 1 aliphatic rings. The van der Waals surface area contributed by atoms with E-state index < -0.39 is 11.6 Å². The highest BCUT2D eigenvalue weighted by molar-refractivity contribution is 6.05. The van der Waals surface area contributed by atoms with Crippen molar-refractivity contribution >= 4 is 11.6 Å². The monoisotopic (exact) mass is 255 g/mol. The van der Waals surface area contributed by atoms with Gasteiger partial charge in [0.05, 0.1) is 0 Å². The number of fused-ring (bicyclic) bond motifs is 1. The molecule has 0 spiro atoms. The minimum atomic E-state index is -1.97. The average molecular weight is 255 g/mol. The van der Waals surface area contributed by atoms with E-state index in [4.69, 9.17) is 0 Å². The van der Waals surface area contributed by atoms with Gasteiger partial charge in [-0.3, -0.25) is 4.79 Å². The van der Waals surface area contributed by atoms with Gasteiger partial charge in [-0.25, -0.2) is 4.39 Å². The topological polar surface area (TPSA) is 29.1 Å². The minimum absolute atomic E-state index is 0.0719. The van der Waals surface area contributed by atoms with Crippen molar-refractivity contribution < 1.29 is 9.18 Å². The zero-order valence-electron chi connectivity index (χ0n) is 10.6. The van der Waals surface area contributed by atoms with E-state index in [-0.39, 0.29) is 6.42 Å². The van der Waals surface area contributed by atoms with Crippen LogP contribution in [0, 0.1) is 6.92 Å². The second-order valence-corrected chi connectivity index (χ2v) is 4.90. The highest BCUT2D eigenvalue weighted by Crippen LogP contribution is 2.41. The Bertz CT molecular complexity index is 653. The summed E-state index contributed by atoms with van der Waals surface area (Å²) >= 11 is 0. The summed E-state index contributed by atoms with van der Waals surface area (Å²) in [6.45, 7) is 1.93. The number of anilines is 1. The van der Waals surface area contributed by atoms with Crippen LogP contribution < -0.4 is 5.32 Å². The van der Waals surface area contributed by atoms with E-state index in [1.165, 1.54) is 0 Å². The van der Waals surface area contributed by atoms with Gasteiger partial charge in [0.2, 0.25) is 5.67 Å². The van der Waals surface area contributed by atoms with Crippen LogP contribution in [0.2, 0.25) is 0 Å². The molecule has 0 bridgehead atoms. The molecule has 0 radical (unpaired) electrons. The molecule has 0 saturated carbocycles. The van der Waals surface area contributed by atoms with Crippen molar-refractivity contribution in [2.45, 2.75) is 19.0 Å². The minimum Gasteiger partial charge on any atom is -0.323 e. The Hall–Kier alpha value is -2.16. The number of hydrogen-bond acceptors (Lipinski definition) is 1. The van der Waals surface area contributed by atoms with Gasteiger partial charge < -0.3 is 5.32 Å². The van der Waals surface area contributed by atoms with Crippen LogP contribution in [-0.2, 0) is 16.9 Å². The number of alkyl halides is 1. The summed E-state index contributed by atoms with van der Waals surface area (Å²) < 4.78 is 15.2. The quantitative estimate of drug-likeness (QED) is 0.876. The van der Waals surface area contributed by atoms with Gasteiger partial charge in [0.25, 0.3) is 5.91 Å². The Labute approximate surface area is 111 Å². The lowest BCUT2D eigenvalue weighted by Gasteiger charge is -2.19. The number of hydrogen-bond donors (Lipinski definition) is 1. The van der Waals surface area contributed by atoms with E-state index in [9.17, 15) is 4.79 Å². The number of rotatable bonds is 2. The average Bonchev–Trinajstić information content (AvgIpc) is 2.65. The van der Waals surface area contributed by atoms with E-state index in [0.717, 1.165) is 11.1 Å². The number of benzene rings is 2. The van der Waals surface area contributed by atoms with E-state index >= 15 is 4.39 Å². The Kier molecular flexibility index (Phi) is 2.63. The fraction of sp³-hybridized carbons (Fsp3) is 0.188. The summed E-state index contributed by atoms with van der Waals surface area (Å²) in [6, 6.07) is 14.5. The SMILES string of the molecule is Cc1ccccc1CC1(F)C(=O)Nc2ccccc21. The maximum atomic E-state index is 15.2. The van der Waals surface area contributed by atoms with Gasteiger partial charge in [-0.15, -0.1) is 0 Å². The Morgan fingerprint density at radius 1 is 1.11 bits per heavy atom. The maximum Gasteiger partial charge on any atom is 0.267 e. The molecule has 19 heavy (non-hydrogen) atoms. The van der Waals surface area contributed by atoms with Crippen LogP contribution in [0.1, 0.15) is 16.7 Å². The molecule has 1 heterocycles. The number of amides is 1. The zero-order chi connectivity index (χ0) is 13.5. The first-order chi connectivity index (χ1) is 9.11. The third-order valence-electron chi connectivity index (χ3n) is 3.66. The summed E-state index contributed by atoms with van der Waals surface area (Å²) in [7, 11) is 0. The van der Waals surface area contributed by atoms with Crippen LogP contribution in [0.5, 0.6) is 0 Å². The Morgan fingerprint density at radius 2 is 1.79 bits per heavy atom. The van der Waals surface area contributed by atoms with Crippen molar-refractivity contribution in [2.75, 3.05) is 5.32 Å². The smallest absolute Gasteiger partial charge is 0.267 e. The first-order valence-electron chi connectivity index (χ1n) is 6.25. The summed E-state index contributed by atoms with van der Waals surface area (Å²) in [5.41, 5.74) is 0.892. The predicted octanol–water partition coefficient (Wildman–Crippen LogP) is 3.35. The van der Waals surface area contributed by atoms with Crippen LogP contribution >= 0.6 is 0 Å². The number of para-hydroxylation sites is 1. The second kappa shape index (κ2) is 4.19. The number of carbonyl (C=O) groups is 1. The molecule has 0 saturated heterocycles. The zero-order valence-corrected chi connectivity index (χ0v) is 10.6. The molecule has 2 aromatic carbocycles. The molecule has 1 N–H and O–H groups in total. The molecular formula is C16H14FNO. The summed E-state index contributed by atoms with van der Waals surface area (Å²) in [6.07, 6.45) is 0.0719. The van der Waals surface area contributed by atoms with E-state index in [2.05, 4.69) is 5.32 Å². The van der Waals surface area contributed by atoms with Gasteiger partial charge in [0.1, 0.15) is 0 Å². The fourth-order valence-corrected chi connectivity index (χ4v) is 2.53. The molecule has 1 atom stereocenters. The molecule has 1 amide bonds. The highest BCUT2D eigenvalue weighted by Gasteiger charge is 2.47. The first-order valence-corrected chi connectivity index (χ1v) is 6.25. The molecule has 3 heteroatoms. The van der Waals surface area contributed by atoms with Gasteiger partial charge >= 0.3 is 0 Å². The lowest BCUT2D eigenvalue weighted by molar-refractivity contribution is -0.126. The third-order valence-corrected chi connectivity index (χ3v) is 3.66. The van der Waals surface area contributed by atoms with E-state index in [0.29, 0.717) is 11.3 Å². The van der Waals surface area contributed by atoms with Crippen LogP contribution in [0.3, 0.4) is 0 Å². The van der Waals surface area contributed by atoms with Gasteiger partial charge in [-0.2, -0.15) is 0 Å². The fourth-order valence-electron chi connectivity index (χ4n) is 2.53. The van der Waals surface area contributed by atoms with Crippen LogP contribution in [0.15, 0.2) is 48.5 Å².